The van der Waals surface area contributed by atoms with Gasteiger partial charge in [-0.2, -0.15) is 0 Å². The topological polar surface area (TPSA) is 81.7 Å². The first-order chi connectivity index (χ1) is 10.0. The molecule has 0 aliphatic rings. The van der Waals surface area contributed by atoms with Gasteiger partial charge in [-0.15, -0.1) is 11.3 Å². The summed E-state index contributed by atoms with van der Waals surface area (Å²) >= 11 is 1.32. The highest BCUT2D eigenvalue weighted by Gasteiger charge is 2.36. The van der Waals surface area contributed by atoms with Gasteiger partial charge in [0.1, 0.15) is 18.3 Å². The summed E-state index contributed by atoms with van der Waals surface area (Å²) in [5.41, 5.74) is 0. The van der Waals surface area contributed by atoms with Crippen LogP contribution in [0.3, 0.4) is 0 Å². The highest BCUT2D eigenvalue weighted by Crippen LogP contribution is 2.28. The molecule has 21 heavy (non-hydrogen) atoms. The molecule has 1 unspecified atom stereocenters. The third kappa shape index (κ3) is 4.71. The molecule has 0 aromatic carbocycles. The number of carbonyl (C=O) groups excluding carboxylic acids is 3. The number of esters is 1. The Morgan fingerprint density at radius 3 is 2.67 bits per heavy atom. The second-order valence-electron chi connectivity index (χ2n) is 4.14. The maximum absolute atomic E-state index is 12.1. The summed E-state index contributed by atoms with van der Waals surface area (Å²) in [6.07, 6.45) is 0.680. The van der Waals surface area contributed by atoms with E-state index in [2.05, 4.69) is 16.6 Å². The predicted molar refractivity (Wildman–Crippen MR) is 77.9 cm³/mol. The molecule has 6 nitrogen and oxygen atoms in total. The lowest BCUT2D eigenvalue weighted by molar-refractivity contribution is -0.151. The van der Waals surface area contributed by atoms with Gasteiger partial charge in [0.05, 0.1) is 13.2 Å². The van der Waals surface area contributed by atoms with Gasteiger partial charge in [-0.25, -0.2) is 4.79 Å². The van der Waals surface area contributed by atoms with Crippen LogP contribution in [-0.4, -0.2) is 31.6 Å². The number of nitrogens with one attached hydrogen (secondary N) is 1. The van der Waals surface area contributed by atoms with Crippen LogP contribution < -0.4 is 5.32 Å². The number of ketones is 1. The molecule has 0 aliphatic carbocycles. The summed E-state index contributed by atoms with van der Waals surface area (Å²) in [6.45, 7) is 4.72. The van der Waals surface area contributed by atoms with Crippen molar-refractivity contribution in [3.63, 3.8) is 0 Å². The Hall–Kier alpha value is -2.15. The average Bonchev–Trinajstić information content (AvgIpc) is 2.97. The molecule has 7 heteroatoms. The largest absolute Gasteiger partial charge is 0.461 e. The third-order valence-corrected chi connectivity index (χ3v) is 3.63. The van der Waals surface area contributed by atoms with E-state index in [-0.39, 0.29) is 6.61 Å². The van der Waals surface area contributed by atoms with Crippen molar-refractivity contribution in [1.82, 2.24) is 5.32 Å². The molecule has 1 amide bonds. The Morgan fingerprint density at radius 1 is 1.48 bits per heavy atom. The lowest BCUT2D eigenvalue weighted by Gasteiger charge is -2.23. The van der Waals surface area contributed by atoms with Crippen LogP contribution in [0.4, 0.5) is 4.79 Å². The minimum absolute atomic E-state index is 0.00199. The molecule has 0 saturated heterocycles. The molecule has 0 fully saturated rings. The number of ether oxygens (including phenoxy) is 2. The van der Waals surface area contributed by atoms with E-state index in [1.807, 2.05) is 0 Å². The fraction of sp³-hybridized carbons (Fsp3) is 0.357. The number of hydrogen-bond acceptors (Lipinski definition) is 6. The highest BCUT2D eigenvalue weighted by atomic mass is 32.1. The molecule has 1 N–H and O–H groups in total. The van der Waals surface area contributed by atoms with Gasteiger partial charge in [0.15, 0.2) is 0 Å². The third-order valence-electron chi connectivity index (χ3n) is 2.68. The van der Waals surface area contributed by atoms with Gasteiger partial charge >= 0.3 is 12.1 Å². The van der Waals surface area contributed by atoms with Crippen LogP contribution in [0.15, 0.2) is 30.2 Å². The molecule has 0 saturated carbocycles. The van der Waals surface area contributed by atoms with Crippen molar-refractivity contribution in [2.24, 2.45) is 5.92 Å². The van der Waals surface area contributed by atoms with Crippen LogP contribution in [0, 0.1) is 5.92 Å². The maximum Gasteiger partial charge on any atom is 0.407 e. The van der Waals surface area contributed by atoms with E-state index in [1.54, 1.807) is 17.5 Å². The number of carbonyl (C=O) groups is 3. The van der Waals surface area contributed by atoms with Crippen LogP contribution in [0.2, 0.25) is 0 Å². The summed E-state index contributed by atoms with van der Waals surface area (Å²) in [4.78, 5) is 36.0. The van der Waals surface area contributed by atoms with E-state index in [9.17, 15) is 14.4 Å². The molecule has 0 aliphatic heterocycles. The number of hydrogen-bond donors (Lipinski definition) is 1. The Morgan fingerprint density at radius 2 is 2.19 bits per heavy atom. The minimum Gasteiger partial charge on any atom is -0.461 e. The van der Waals surface area contributed by atoms with Crippen molar-refractivity contribution in [2.75, 3.05) is 13.7 Å². The van der Waals surface area contributed by atoms with Crippen LogP contribution in [0.5, 0.6) is 0 Å². The standard InChI is InChI=1S/C14H17NO5S/c1-4-7-20-13(17)11(9(2)16)12(15-14(18)19-3)10-6-5-8-21-10/h4-6,8,11-12H,1,7H2,2-3H3,(H,15,18)/t11?,12-/m0/s1. The Kier molecular flexibility index (Phi) is 6.61. The minimum atomic E-state index is -1.14. The molecule has 1 aromatic heterocycles. The predicted octanol–water partition coefficient (Wildman–Crippen LogP) is 2.08. The molecule has 1 heterocycles. The first kappa shape index (κ1) is 16.9. The van der Waals surface area contributed by atoms with E-state index in [4.69, 9.17) is 4.74 Å². The van der Waals surface area contributed by atoms with Crippen LogP contribution >= 0.6 is 11.3 Å². The molecule has 0 radical (unpaired) electrons. The summed E-state index contributed by atoms with van der Waals surface area (Å²) in [5, 5.41) is 4.29. The van der Waals surface area contributed by atoms with Crippen molar-refractivity contribution >= 4 is 29.2 Å². The smallest absolute Gasteiger partial charge is 0.407 e. The summed E-state index contributed by atoms with van der Waals surface area (Å²) in [5.74, 6) is -2.25. The van der Waals surface area contributed by atoms with Gasteiger partial charge < -0.3 is 14.8 Å². The van der Waals surface area contributed by atoms with Gasteiger partial charge in [-0.1, -0.05) is 18.7 Å². The summed E-state index contributed by atoms with van der Waals surface area (Å²) < 4.78 is 9.49. The van der Waals surface area contributed by atoms with Gasteiger partial charge in [0.25, 0.3) is 0 Å². The number of Topliss-reactive ketones (excluding diaryl/α,β-unsaturated/α-hetero) is 1. The zero-order valence-corrected chi connectivity index (χ0v) is 12.6. The van der Waals surface area contributed by atoms with E-state index in [0.717, 1.165) is 0 Å². The van der Waals surface area contributed by atoms with Crippen LogP contribution in [-0.2, 0) is 19.1 Å². The van der Waals surface area contributed by atoms with E-state index in [0.29, 0.717) is 4.88 Å². The molecular formula is C14H17NO5S. The average molecular weight is 311 g/mol. The lowest BCUT2D eigenvalue weighted by atomic mass is 9.94. The first-order valence-electron chi connectivity index (χ1n) is 6.17. The van der Waals surface area contributed by atoms with Crippen molar-refractivity contribution in [2.45, 2.75) is 13.0 Å². The Bertz CT molecular complexity index is 511. The normalized spacial score (nSPS) is 12.9. The van der Waals surface area contributed by atoms with Crippen molar-refractivity contribution in [3.8, 4) is 0 Å². The Labute approximate surface area is 126 Å². The monoisotopic (exact) mass is 311 g/mol. The van der Waals surface area contributed by atoms with Crippen molar-refractivity contribution in [3.05, 3.63) is 35.0 Å². The molecule has 114 valence electrons. The number of amides is 1. The second kappa shape index (κ2) is 8.21. The molecule has 0 bridgehead atoms. The fourth-order valence-corrected chi connectivity index (χ4v) is 2.55. The SMILES string of the molecule is C=CCOC(=O)C(C(C)=O)[C@@H](NC(=O)OC)c1cccs1. The van der Waals surface area contributed by atoms with Gasteiger partial charge in [0.2, 0.25) is 0 Å². The van der Waals surface area contributed by atoms with Crippen LogP contribution in [0.25, 0.3) is 0 Å². The maximum atomic E-state index is 12.1. The lowest BCUT2D eigenvalue weighted by Crippen LogP contribution is -2.40. The zero-order chi connectivity index (χ0) is 15.8. The molecular weight excluding hydrogens is 294 g/mol. The second-order valence-corrected chi connectivity index (χ2v) is 5.12. The zero-order valence-electron chi connectivity index (χ0n) is 11.8. The highest BCUT2D eigenvalue weighted by molar-refractivity contribution is 7.10. The quantitative estimate of drug-likeness (QED) is 0.473. The van der Waals surface area contributed by atoms with Gasteiger partial charge in [-0.3, -0.25) is 9.59 Å². The molecule has 1 aromatic rings. The summed E-state index contributed by atoms with van der Waals surface area (Å²) in [7, 11) is 1.21. The van der Waals surface area contributed by atoms with E-state index in [1.165, 1.54) is 31.4 Å². The summed E-state index contributed by atoms with van der Waals surface area (Å²) in [6, 6.07) is 2.66. The number of rotatable bonds is 7. The Balaban J connectivity index is 3.06. The van der Waals surface area contributed by atoms with E-state index >= 15 is 0 Å². The molecule has 2 atom stereocenters. The van der Waals surface area contributed by atoms with Crippen LogP contribution in [0.1, 0.15) is 17.8 Å². The van der Waals surface area contributed by atoms with Crippen molar-refractivity contribution < 1.29 is 23.9 Å². The molecule has 0 spiro atoms. The number of thiophene rings is 1. The van der Waals surface area contributed by atoms with E-state index < -0.39 is 29.8 Å². The van der Waals surface area contributed by atoms with Gasteiger partial charge in [0, 0.05) is 4.88 Å². The number of methoxy groups -OCH3 is 1. The molecule has 1 rings (SSSR count). The van der Waals surface area contributed by atoms with Crippen molar-refractivity contribution in [1.29, 1.82) is 0 Å². The van der Waals surface area contributed by atoms with Gasteiger partial charge in [-0.05, 0) is 18.4 Å². The first-order valence-corrected chi connectivity index (χ1v) is 7.05. The fourth-order valence-electron chi connectivity index (χ4n) is 1.74. The number of alkyl carbamates (subject to hydrolysis) is 1.